The maximum Gasteiger partial charge on any atom is 0.215 e. The number of hydrogen-bond donors (Lipinski definition) is 0. The number of aromatic nitrogens is 1. The molecule has 1 aromatic carbocycles. The Morgan fingerprint density at radius 3 is 2.93 bits per heavy atom. The summed E-state index contributed by atoms with van der Waals surface area (Å²) in [7, 11) is 0. The molecule has 1 aromatic heterocycles. The van der Waals surface area contributed by atoms with Crippen LogP contribution in [0.2, 0.25) is 0 Å². The quantitative estimate of drug-likeness (QED) is 0.580. The smallest absolute Gasteiger partial charge is 0.215 e. The molecule has 0 bridgehead atoms. The van der Waals surface area contributed by atoms with Gasteiger partial charge in [0.1, 0.15) is 0 Å². The molecule has 2 rings (SSSR count). The predicted octanol–water partition coefficient (Wildman–Crippen LogP) is 2.69. The predicted molar refractivity (Wildman–Crippen MR) is 61.5 cm³/mol. The van der Waals surface area contributed by atoms with E-state index in [2.05, 4.69) is 17.3 Å². The minimum Gasteiger partial charge on any atom is -0.315 e. The second-order valence-electron chi connectivity index (χ2n) is 3.19. The van der Waals surface area contributed by atoms with Crippen LogP contribution in [0.1, 0.15) is 13.3 Å². The van der Waals surface area contributed by atoms with Gasteiger partial charge < -0.3 is 4.57 Å². The minimum atomic E-state index is 0.674. The monoisotopic (exact) mass is 221 g/mol. The molecule has 0 N–H and O–H groups in total. The molecule has 0 saturated heterocycles. The highest BCUT2D eigenvalue weighted by Gasteiger charge is 2.03. The van der Waals surface area contributed by atoms with Gasteiger partial charge in [0.25, 0.3) is 0 Å². The molecule has 1 heterocycles. The van der Waals surface area contributed by atoms with Crippen LogP contribution < -0.4 is 4.80 Å². The topological polar surface area (TPSA) is 46.7 Å². The zero-order chi connectivity index (χ0) is 10.7. The van der Waals surface area contributed by atoms with Gasteiger partial charge in [0.05, 0.1) is 15.5 Å². The number of nitrogens with zero attached hydrogens (tertiary/aromatic N) is 3. The SMILES string of the molecule is CCCn1/c(=N\N=O)sc2ccccc21. The molecule has 0 spiro atoms. The van der Waals surface area contributed by atoms with Gasteiger partial charge in [-0.1, -0.05) is 35.5 Å². The van der Waals surface area contributed by atoms with E-state index in [1.807, 2.05) is 28.8 Å². The van der Waals surface area contributed by atoms with E-state index < -0.39 is 0 Å². The normalized spacial score (nSPS) is 12.2. The van der Waals surface area contributed by atoms with Crippen LogP contribution in [0.3, 0.4) is 0 Å². The Morgan fingerprint density at radius 2 is 2.20 bits per heavy atom. The van der Waals surface area contributed by atoms with E-state index in [4.69, 9.17) is 0 Å². The minimum absolute atomic E-state index is 0.674. The van der Waals surface area contributed by atoms with Crippen LogP contribution in [-0.2, 0) is 6.54 Å². The van der Waals surface area contributed by atoms with Crippen LogP contribution in [0.4, 0.5) is 0 Å². The number of benzene rings is 1. The van der Waals surface area contributed by atoms with Crippen molar-refractivity contribution in [3.05, 3.63) is 34.0 Å². The first-order chi connectivity index (χ1) is 7.36. The molecule has 15 heavy (non-hydrogen) atoms. The van der Waals surface area contributed by atoms with Crippen LogP contribution in [0.15, 0.2) is 34.7 Å². The summed E-state index contributed by atoms with van der Waals surface area (Å²) in [6, 6.07) is 8.02. The molecule has 0 saturated carbocycles. The van der Waals surface area contributed by atoms with E-state index >= 15 is 0 Å². The molecule has 78 valence electrons. The molecule has 0 aliphatic rings. The Balaban J connectivity index is 2.74. The average molecular weight is 221 g/mol. The number of para-hydroxylation sites is 1. The standard InChI is InChI=1S/C10H11N3OS/c1-2-7-13-8-5-3-4-6-9(8)15-10(13)11-12-14/h3-6H,2,7H2,1H3/b11-10+. The molecule has 4 nitrogen and oxygen atoms in total. The van der Waals surface area contributed by atoms with Crippen LogP contribution in [0, 0.1) is 4.91 Å². The van der Waals surface area contributed by atoms with Gasteiger partial charge in [-0.3, -0.25) is 0 Å². The molecule has 0 aliphatic carbocycles. The van der Waals surface area contributed by atoms with Crippen molar-refractivity contribution in [3.8, 4) is 0 Å². The largest absolute Gasteiger partial charge is 0.315 e. The lowest BCUT2D eigenvalue weighted by atomic mass is 10.3. The van der Waals surface area contributed by atoms with E-state index in [1.54, 1.807) is 0 Å². The van der Waals surface area contributed by atoms with Crippen LogP contribution in [-0.4, -0.2) is 4.57 Å². The van der Waals surface area contributed by atoms with E-state index in [-0.39, 0.29) is 0 Å². The molecule has 0 unspecified atom stereocenters. The Hall–Kier alpha value is -1.49. The van der Waals surface area contributed by atoms with Gasteiger partial charge in [0.15, 0.2) is 0 Å². The van der Waals surface area contributed by atoms with Gasteiger partial charge >= 0.3 is 0 Å². The third-order valence-corrected chi connectivity index (χ3v) is 3.21. The van der Waals surface area contributed by atoms with Crippen LogP contribution in [0.5, 0.6) is 0 Å². The highest BCUT2D eigenvalue weighted by Crippen LogP contribution is 2.16. The summed E-state index contributed by atoms with van der Waals surface area (Å²) < 4.78 is 3.16. The summed E-state index contributed by atoms with van der Waals surface area (Å²) in [5, 5.41) is 6.22. The number of fused-ring (bicyclic) bond motifs is 1. The fraction of sp³-hybridized carbons (Fsp3) is 0.300. The first kappa shape index (κ1) is 10.0. The van der Waals surface area contributed by atoms with Crippen molar-refractivity contribution < 1.29 is 0 Å². The highest BCUT2D eigenvalue weighted by atomic mass is 32.1. The van der Waals surface area contributed by atoms with Crippen molar-refractivity contribution in [2.45, 2.75) is 19.9 Å². The average Bonchev–Trinajstić information content (AvgIpc) is 2.59. The van der Waals surface area contributed by atoms with Gasteiger partial charge in [-0.25, -0.2) is 0 Å². The summed E-state index contributed by atoms with van der Waals surface area (Å²) >= 11 is 1.49. The lowest BCUT2D eigenvalue weighted by Crippen LogP contribution is -2.13. The number of thiazole rings is 1. The van der Waals surface area contributed by atoms with Crippen molar-refractivity contribution >= 4 is 21.6 Å². The zero-order valence-electron chi connectivity index (χ0n) is 8.38. The van der Waals surface area contributed by atoms with Gasteiger partial charge in [-0.2, -0.15) is 0 Å². The third kappa shape index (κ3) is 1.83. The second-order valence-corrected chi connectivity index (χ2v) is 4.19. The molecular formula is C10H11N3OS. The van der Waals surface area contributed by atoms with Gasteiger partial charge in [0.2, 0.25) is 4.80 Å². The molecular weight excluding hydrogens is 210 g/mol. The number of hydrogen-bond acceptors (Lipinski definition) is 3. The maximum absolute atomic E-state index is 10.2. The lowest BCUT2D eigenvalue weighted by molar-refractivity contribution is 0.677. The molecule has 2 aromatic rings. The summed E-state index contributed by atoms with van der Waals surface area (Å²) in [6.07, 6.45) is 1.01. The van der Waals surface area contributed by atoms with Crippen molar-refractivity contribution in [1.29, 1.82) is 0 Å². The van der Waals surface area contributed by atoms with Gasteiger partial charge in [-0.15, -0.1) is 4.91 Å². The molecule has 0 radical (unpaired) electrons. The molecule has 0 aliphatic heterocycles. The summed E-state index contributed by atoms with van der Waals surface area (Å²) in [4.78, 5) is 10.9. The first-order valence-electron chi connectivity index (χ1n) is 4.81. The number of aryl methyl sites for hydroxylation is 1. The number of nitroso groups, excluding NO2 is 1. The highest BCUT2D eigenvalue weighted by molar-refractivity contribution is 7.16. The molecule has 0 amide bonds. The van der Waals surface area contributed by atoms with Crippen LogP contribution >= 0.6 is 11.3 Å². The molecule has 0 fully saturated rings. The van der Waals surface area contributed by atoms with Crippen molar-refractivity contribution in [1.82, 2.24) is 4.57 Å². The summed E-state index contributed by atoms with van der Waals surface area (Å²) in [5.74, 6) is 0. The third-order valence-electron chi connectivity index (χ3n) is 2.16. The Kier molecular flexibility index (Phi) is 2.91. The second kappa shape index (κ2) is 4.35. The van der Waals surface area contributed by atoms with Crippen LogP contribution in [0.25, 0.3) is 10.2 Å². The van der Waals surface area contributed by atoms with Crippen molar-refractivity contribution in [2.75, 3.05) is 0 Å². The Morgan fingerprint density at radius 1 is 1.40 bits per heavy atom. The molecule has 0 atom stereocenters. The molecule has 5 heteroatoms. The van der Waals surface area contributed by atoms with Gasteiger partial charge in [0, 0.05) is 6.54 Å². The first-order valence-corrected chi connectivity index (χ1v) is 5.63. The summed E-state index contributed by atoms with van der Waals surface area (Å²) in [6.45, 7) is 2.95. The van der Waals surface area contributed by atoms with E-state index in [0.717, 1.165) is 23.2 Å². The summed E-state index contributed by atoms with van der Waals surface area (Å²) in [5.41, 5.74) is 1.12. The van der Waals surface area contributed by atoms with E-state index in [1.165, 1.54) is 11.3 Å². The van der Waals surface area contributed by atoms with E-state index in [0.29, 0.717) is 4.80 Å². The zero-order valence-corrected chi connectivity index (χ0v) is 9.20. The van der Waals surface area contributed by atoms with Gasteiger partial charge in [-0.05, 0) is 18.6 Å². The fourth-order valence-electron chi connectivity index (χ4n) is 1.57. The Labute approximate surface area is 90.8 Å². The maximum atomic E-state index is 10.2. The lowest BCUT2D eigenvalue weighted by Gasteiger charge is -2.00. The Bertz CT molecular complexity index is 541. The van der Waals surface area contributed by atoms with Crippen molar-refractivity contribution in [2.24, 2.45) is 10.4 Å². The number of rotatable bonds is 3. The van der Waals surface area contributed by atoms with Crippen molar-refractivity contribution in [3.63, 3.8) is 0 Å². The van der Waals surface area contributed by atoms with E-state index in [9.17, 15) is 4.91 Å². The fourth-order valence-corrected chi connectivity index (χ4v) is 2.57.